The minimum Gasteiger partial charge on any atom is -0.373 e. The molecule has 0 atom stereocenters. The van der Waals surface area contributed by atoms with Crippen molar-refractivity contribution in [3.8, 4) is 11.3 Å². The zero-order valence-corrected chi connectivity index (χ0v) is 10.6. The Morgan fingerprint density at radius 1 is 1.12 bits per heavy atom. The minimum absolute atomic E-state index is 0.770. The van der Waals surface area contributed by atoms with E-state index >= 15 is 0 Å². The molecular weight excluding hydrogens is 212 g/mol. The Labute approximate surface area is 101 Å². The molecule has 0 aliphatic carbocycles. The van der Waals surface area contributed by atoms with Gasteiger partial charge in [-0.05, 0) is 32.4 Å². The molecule has 2 rings (SSSR count). The maximum atomic E-state index is 4.53. The van der Waals surface area contributed by atoms with Crippen LogP contribution in [0.5, 0.6) is 0 Å². The molecule has 88 valence electrons. The van der Waals surface area contributed by atoms with Crippen molar-refractivity contribution in [1.29, 1.82) is 0 Å². The molecule has 4 nitrogen and oxygen atoms in total. The van der Waals surface area contributed by atoms with Crippen LogP contribution in [-0.2, 0) is 0 Å². The fourth-order valence-electron chi connectivity index (χ4n) is 1.87. The maximum Gasteiger partial charge on any atom is 0.132 e. The third-order valence-corrected chi connectivity index (χ3v) is 2.77. The van der Waals surface area contributed by atoms with E-state index < -0.39 is 0 Å². The number of hydrogen-bond donors (Lipinski definition) is 1. The van der Waals surface area contributed by atoms with Crippen LogP contribution in [0.25, 0.3) is 11.3 Å². The highest BCUT2D eigenvalue weighted by Crippen LogP contribution is 2.27. The van der Waals surface area contributed by atoms with E-state index in [4.69, 9.17) is 0 Å². The SMILES string of the molecule is CNc1nc(C)nc(-c2ccncc2C)c1C. The van der Waals surface area contributed by atoms with Crippen LogP contribution in [-0.4, -0.2) is 22.0 Å². The maximum absolute atomic E-state index is 4.53. The van der Waals surface area contributed by atoms with Crippen molar-refractivity contribution in [3.05, 3.63) is 35.4 Å². The smallest absolute Gasteiger partial charge is 0.132 e. The van der Waals surface area contributed by atoms with Crippen LogP contribution >= 0.6 is 0 Å². The van der Waals surface area contributed by atoms with Crippen molar-refractivity contribution in [3.63, 3.8) is 0 Å². The molecule has 0 bridgehead atoms. The van der Waals surface area contributed by atoms with Gasteiger partial charge in [0.2, 0.25) is 0 Å². The van der Waals surface area contributed by atoms with Gasteiger partial charge in [-0.25, -0.2) is 9.97 Å². The molecule has 2 heterocycles. The van der Waals surface area contributed by atoms with E-state index in [1.165, 1.54) is 0 Å². The van der Waals surface area contributed by atoms with Gasteiger partial charge in [0.15, 0.2) is 0 Å². The Kier molecular flexibility index (Phi) is 3.04. The van der Waals surface area contributed by atoms with Crippen LogP contribution in [0.1, 0.15) is 17.0 Å². The van der Waals surface area contributed by atoms with Gasteiger partial charge in [0.05, 0.1) is 5.69 Å². The number of nitrogens with one attached hydrogen (secondary N) is 1. The molecule has 1 N–H and O–H groups in total. The van der Waals surface area contributed by atoms with E-state index in [-0.39, 0.29) is 0 Å². The van der Waals surface area contributed by atoms with Gasteiger partial charge in [0, 0.05) is 30.6 Å². The molecule has 2 aromatic heterocycles. The molecule has 0 unspecified atom stereocenters. The summed E-state index contributed by atoms with van der Waals surface area (Å²) in [5, 5.41) is 3.10. The fourth-order valence-corrected chi connectivity index (χ4v) is 1.87. The van der Waals surface area contributed by atoms with Gasteiger partial charge in [0.1, 0.15) is 11.6 Å². The molecule has 17 heavy (non-hydrogen) atoms. The average molecular weight is 228 g/mol. The number of aryl methyl sites for hydroxylation is 2. The summed E-state index contributed by atoms with van der Waals surface area (Å²) in [5.41, 5.74) is 4.27. The molecule has 0 aliphatic rings. The molecule has 2 aromatic rings. The van der Waals surface area contributed by atoms with Gasteiger partial charge in [-0.15, -0.1) is 0 Å². The quantitative estimate of drug-likeness (QED) is 0.858. The van der Waals surface area contributed by atoms with Gasteiger partial charge in [-0.1, -0.05) is 0 Å². The van der Waals surface area contributed by atoms with Crippen LogP contribution < -0.4 is 5.32 Å². The third-order valence-electron chi connectivity index (χ3n) is 2.77. The molecule has 0 aliphatic heterocycles. The summed E-state index contributed by atoms with van der Waals surface area (Å²) in [7, 11) is 1.87. The number of aromatic nitrogens is 3. The monoisotopic (exact) mass is 228 g/mol. The Bertz CT molecular complexity index is 549. The normalized spacial score (nSPS) is 10.4. The van der Waals surface area contributed by atoms with E-state index in [1.807, 2.05) is 40.1 Å². The van der Waals surface area contributed by atoms with E-state index in [1.54, 1.807) is 6.20 Å². The lowest BCUT2D eigenvalue weighted by atomic mass is 10.0. The van der Waals surface area contributed by atoms with Gasteiger partial charge >= 0.3 is 0 Å². The second kappa shape index (κ2) is 4.49. The van der Waals surface area contributed by atoms with Gasteiger partial charge in [-0.3, -0.25) is 4.98 Å². The van der Waals surface area contributed by atoms with E-state index in [0.717, 1.165) is 34.0 Å². The predicted molar refractivity (Wildman–Crippen MR) is 69.0 cm³/mol. The molecular formula is C13H16N4. The van der Waals surface area contributed by atoms with Crippen molar-refractivity contribution in [2.24, 2.45) is 0 Å². The molecule has 0 spiro atoms. The highest BCUT2D eigenvalue weighted by molar-refractivity contribution is 5.70. The summed E-state index contributed by atoms with van der Waals surface area (Å²) in [6, 6.07) is 1.99. The first-order valence-corrected chi connectivity index (χ1v) is 5.57. The topological polar surface area (TPSA) is 50.7 Å². The van der Waals surface area contributed by atoms with E-state index in [9.17, 15) is 0 Å². The van der Waals surface area contributed by atoms with Crippen LogP contribution in [0, 0.1) is 20.8 Å². The largest absolute Gasteiger partial charge is 0.373 e. The number of anilines is 1. The first kappa shape index (κ1) is 11.5. The van der Waals surface area contributed by atoms with Crippen LogP contribution in [0.4, 0.5) is 5.82 Å². The highest BCUT2D eigenvalue weighted by atomic mass is 15.0. The summed E-state index contributed by atoms with van der Waals surface area (Å²) >= 11 is 0. The lowest BCUT2D eigenvalue weighted by Crippen LogP contribution is -2.03. The Balaban J connectivity index is 2.67. The highest BCUT2D eigenvalue weighted by Gasteiger charge is 2.11. The summed E-state index contributed by atoms with van der Waals surface area (Å²) in [5.74, 6) is 1.65. The molecule has 4 heteroatoms. The number of pyridine rings is 1. The molecule has 0 fully saturated rings. The fraction of sp³-hybridized carbons (Fsp3) is 0.308. The zero-order chi connectivity index (χ0) is 12.4. The van der Waals surface area contributed by atoms with Gasteiger partial charge < -0.3 is 5.32 Å². The summed E-state index contributed by atoms with van der Waals surface area (Å²) in [6.07, 6.45) is 3.64. The predicted octanol–water partition coefficient (Wildman–Crippen LogP) is 2.51. The molecule has 0 radical (unpaired) electrons. The van der Waals surface area contributed by atoms with Gasteiger partial charge in [-0.2, -0.15) is 0 Å². The number of nitrogens with zero attached hydrogens (tertiary/aromatic N) is 3. The van der Waals surface area contributed by atoms with Crippen molar-refractivity contribution >= 4 is 5.82 Å². The first-order chi connectivity index (χ1) is 8.13. The third kappa shape index (κ3) is 2.11. The number of hydrogen-bond acceptors (Lipinski definition) is 4. The first-order valence-electron chi connectivity index (χ1n) is 5.57. The Morgan fingerprint density at radius 3 is 2.53 bits per heavy atom. The molecule has 0 aromatic carbocycles. The second-order valence-corrected chi connectivity index (χ2v) is 4.03. The van der Waals surface area contributed by atoms with Gasteiger partial charge in [0.25, 0.3) is 0 Å². The molecule has 0 saturated carbocycles. The van der Waals surface area contributed by atoms with Crippen molar-refractivity contribution in [2.75, 3.05) is 12.4 Å². The Morgan fingerprint density at radius 2 is 1.88 bits per heavy atom. The summed E-state index contributed by atoms with van der Waals surface area (Å²) in [4.78, 5) is 13.0. The average Bonchev–Trinajstić information content (AvgIpc) is 2.32. The molecule has 0 saturated heterocycles. The second-order valence-electron chi connectivity index (χ2n) is 4.03. The van der Waals surface area contributed by atoms with Crippen molar-refractivity contribution in [1.82, 2.24) is 15.0 Å². The Hall–Kier alpha value is -1.97. The minimum atomic E-state index is 0.770. The lowest BCUT2D eigenvalue weighted by Gasteiger charge is -2.12. The van der Waals surface area contributed by atoms with Crippen molar-refractivity contribution < 1.29 is 0 Å². The molecule has 0 amide bonds. The van der Waals surface area contributed by atoms with Crippen LogP contribution in [0.2, 0.25) is 0 Å². The van der Waals surface area contributed by atoms with Crippen molar-refractivity contribution in [2.45, 2.75) is 20.8 Å². The van der Waals surface area contributed by atoms with Crippen LogP contribution in [0.3, 0.4) is 0 Å². The lowest BCUT2D eigenvalue weighted by molar-refractivity contribution is 1.03. The standard InChI is InChI=1S/C13H16N4/c1-8-7-15-6-5-11(8)12-9(2)13(14-4)17-10(3)16-12/h5-7H,1-4H3,(H,14,16,17). The summed E-state index contributed by atoms with van der Waals surface area (Å²) < 4.78 is 0. The van der Waals surface area contributed by atoms with E-state index in [2.05, 4.69) is 20.3 Å². The number of rotatable bonds is 2. The van der Waals surface area contributed by atoms with Crippen LogP contribution in [0.15, 0.2) is 18.5 Å². The van der Waals surface area contributed by atoms with E-state index in [0.29, 0.717) is 0 Å². The zero-order valence-electron chi connectivity index (χ0n) is 10.6. The summed E-state index contributed by atoms with van der Waals surface area (Å²) in [6.45, 7) is 5.97.